The van der Waals surface area contributed by atoms with Gasteiger partial charge in [-0.25, -0.2) is 0 Å². The van der Waals surface area contributed by atoms with Crippen LogP contribution in [-0.4, -0.2) is 24.6 Å². The predicted molar refractivity (Wildman–Crippen MR) is 80.9 cm³/mol. The summed E-state index contributed by atoms with van der Waals surface area (Å²) in [5.41, 5.74) is 0.614. The van der Waals surface area contributed by atoms with Crippen molar-refractivity contribution in [2.75, 3.05) is 19.0 Å². The first-order valence-corrected chi connectivity index (χ1v) is 6.73. The summed E-state index contributed by atoms with van der Waals surface area (Å²) >= 11 is 6.15. The normalized spacial score (nSPS) is 10.2. The fourth-order valence-corrected chi connectivity index (χ4v) is 1.83. The molecule has 21 heavy (non-hydrogen) atoms. The predicted octanol–water partition coefficient (Wildman–Crippen LogP) is 3.50. The number of carbonyl (C=O) groups excluding carboxylic acids is 1. The van der Waals surface area contributed by atoms with Gasteiger partial charge in [-0.3, -0.25) is 9.78 Å². The summed E-state index contributed by atoms with van der Waals surface area (Å²) in [5.74, 6) is 1.03. The monoisotopic (exact) mass is 306 g/mol. The molecule has 0 fully saturated rings. The van der Waals surface area contributed by atoms with Crippen LogP contribution in [0, 0.1) is 0 Å². The van der Waals surface area contributed by atoms with Gasteiger partial charge in [0.25, 0.3) is 0 Å². The molecule has 0 aliphatic carbocycles. The number of benzene rings is 1. The largest absolute Gasteiger partial charge is 0.456 e. The minimum Gasteiger partial charge on any atom is -0.456 e. The lowest BCUT2D eigenvalue weighted by Gasteiger charge is -2.10. The zero-order valence-electron chi connectivity index (χ0n) is 11.5. The highest BCUT2D eigenvalue weighted by molar-refractivity contribution is 6.32. The Bertz CT molecular complexity index is 605. The maximum atomic E-state index is 11.6. The topological polar surface area (TPSA) is 60.5 Å². The standard InChI is InChI=1S/C15H15ClN2O3/c1-20-9-6-15(19)18-11-2-3-14(13(16)10-11)21-12-4-7-17-8-5-12/h2-5,7-8,10H,6,9H2,1H3,(H,18,19). The molecule has 2 aromatic rings. The van der Waals surface area contributed by atoms with Crippen LogP contribution in [0.4, 0.5) is 5.69 Å². The second-order valence-electron chi connectivity index (χ2n) is 4.22. The van der Waals surface area contributed by atoms with Crippen LogP contribution < -0.4 is 10.1 Å². The molecule has 1 aromatic carbocycles. The summed E-state index contributed by atoms with van der Waals surface area (Å²) in [5, 5.41) is 3.15. The van der Waals surface area contributed by atoms with Crippen LogP contribution in [0.15, 0.2) is 42.7 Å². The molecule has 1 heterocycles. The van der Waals surface area contributed by atoms with Gasteiger partial charge in [-0.05, 0) is 30.3 Å². The number of pyridine rings is 1. The summed E-state index contributed by atoms with van der Waals surface area (Å²) in [4.78, 5) is 15.5. The minimum absolute atomic E-state index is 0.129. The van der Waals surface area contributed by atoms with Crippen LogP contribution in [0.25, 0.3) is 0 Å². The van der Waals surface area contributed by atoms with E-state index in [1.165, 1.54) is 0 Å². The molecule has 0 unspecified atom stereocenters. The highest BCUT2D eigenvalue weighted by Crippen LogP contribution is 2.31. The molecule has 5 nitrogen and oxygen atoms in total. The zero-order chi connectivity index (χ0) is 15.1. The summed E-state index contributed by atoms with van der Waals surface area (Å²) in [7, 11) is 1.55. The Labute approximate surface area is 127 Å². The molecule has 0 aliphatic heterocycles. The molecule has 0 spiro atoms. The van der Waals surface area contributed by atoms with E-state index in [1.54, 1.807) is 49.8 Å². The van der Waals surface area contributed by atoms with E-state index in [9.17, 15) is 4.79 Å². The summed E-state index contributed by atoms with van der Waals surface area (Å²) in [6, 6.07) is 8.54. The molecule has 110 valence electrons. The second kappa shape index (κ2) is 7.61. The number of nitrogens with one attached hydrogen (secondary N) is 1. The lowest BCUT2D eigenvalue weighted by atomic mass is 10.3. The van der Waals surface area contributed by atoms with Gasteiger partial charge >= 0.3 is 0 Å². The van der Waals surface area contributed by atoms with Gasteiger partial charge in [-0.1, -0.05) is 11.6 Å². The maximum Gasteiger partial charge on any atom is 0.226 e. The van der Waals surface area contributed by atoms with Crippen molar-refractivity contribution in [1.29, 1.82) is 0 Å². The van der Waals surface area contributed by atoms with E-state index in [2.05, 4.69) is 10.3 Å². The van der Waals surface area contributed by atoms with Crippen molar-refractivity contribution in [3.63, 3.8) is 0 Å². The number of ether oxygens (including phenoxy) is 2. The molecular formula is C15H15ClN2O3. The zero-order valence-corrected chi connectivity index (χ0v) is 12.3. The van der Waals surface area contributed by atoms with Crippen molar-refractivity contribution < 1.29 is 14.3 Å². The van der Waals surface area contributed by atoms with E-state index in [4.69, 9.17) is 21.1 Å². The van der Waals surface area contributed by atoms with Crippen LogP contribution in [0.3, 0.4) is 0 Å². The number of nitrogens with zero attached hydrogens (tertiary/aromatic N) is 1. The lowest BCUT2D eigenvalue weighted by molar-refractivity contribution is -0.117. The number of amides is 1. The molecule has 1 N–H and O–H groups in total. The average Bonchev–Trinajstić information content (AvgIpc) is 2.49. The third-order valence-corrected chi connectivity index (χ3v) is 2.92. The van der Waals surface area contributed by atoms with Gasteiger partial charge in [-0.2, -0.15) is 0 Å². The van der Waals surface area contributed by atoms with Crippen LogP contribution in [0.2, 0.25) is 5.02 Å². The minimum atomic E-state index is -0.129. The van der Waals surface area contributed by atoms with Crippen molar-refractivity contribution in [1.82, 2.24) is 4.98 Å². The van der Waals surface area contributed by atoms with Crippen LogP contribution in [0.5, 0.6) is 11.5 Å². The number of halogens is 1. The van der Waals surface area contributed by atoms with Crippen molar-refractivity contribution in [2.45, 2.75) is 6.42 Å². The molecule has 0 aliphatic rings. The summed E-state index contributed by atoms with van der Waals surface area (Å²) in [6.07, 6.45) is 3.56. The Kier molecular flexibility index (Phi) is 5.54. The smallest absolute Gasteiger partial charge is 0.226 e. The van der Waals surface area contributed by atoms with E-state index >= 15 is 0 Å². The highest BCUT2D eigenvalue weighted by atomic mass is 35.5. The maximum absolute atomic E-state index is 11.6. The molecule has 1 amide bonds. The van der Waals surface area contributed by atoms with Gasteiger partial charge in [0.15, 0.2) is 0 Å². The number of aromatic nitrogens is 1. The SMILES string of the molecule is COCCC(=O)Nc1ccc(Oc2ccncc2)c(Cl)c1. The molecule has 1 aromatic heterocycles. The molecule has 0 radical (unpaired) electrons. The number of carbonyl (C=O) groups is 1. The molecule has 2 rings (SSSR count). The van der Waals surface area contributed by atoms with Gasteiger partial charge in [-0.15, -0.1) is 0 Å². The Morgan fingerprint density at radius 1 is 1.29 bits per heavy atom. The Hall–Kier alpha value is -2.11. The second-order valence-corrected chi connectivity index (χ2v) is 4.63. The molecule has 0 saturated heterocycles. The summed E-state index contributed by atoms with van der Waals surface area (Å²) < 4.78 is 10.5. The number of anilines is 1. The van der Waals surface area contributed by atoms with Crippen molar-refractivity contribution in [3.8, 4) is 11.5 Å². The van der Waals surface area contributed by atoms with Gasteiger partial charge in [0.1, 0.15) is 11.5 Å². The highest BCUT2D eigenvalue weighted by Gasteiger charge is 2.07. The third-order valence-electron chi connectivity index (χ3n) is 2.63. The number of hydrogen-bond acceptors (Lipinski definition) is 4. The fraction of sp³-hybridized carbons (Fsp3) is 0.200. The number of methoxy groups -OCH3 is 1. The van der Waals surface area contributed by atoms with E-state index in [0.29, 0.717) is 35.2 Å². The van der Waals surface area contributed by atoms with Gasteiger partial charge in [0.2, 0.25) is 5.91 Å². The van der Waals surface area contributed by atoms with Crippen molar-refractivity contribution >= 4 is 23.2 Å². The van der Waals surface area contributed by atoms with Crippen molar-refractivity contribution in [3.05, 3.63) is 47.7 Å². The van der Waals surface area contributed by atoms with Crippen LogP contribution in [-0.2, 0) is 9.53 Å². The van der Waals surface area contributed by atoms with E-state index in [0.717, 1.165) is 0 Å². The quantitative estimate of drug-likeness (QED) is 0.887. The first-order valence-electron chi connectivity index (χ1n) is 6.35. The third kappa shape index (κ3) is 4.73. The number of hydrogen-bond donors (Lipinski definition) is 1. The van der Waals surface area contributed by atoms with Gasteiger partial charge in [0, 0.05) is 25.2 Å². The fourth-order valence-electron chi connectivity index (χ4n) is 1.61. The average molecular weight is 307 g/mol. The van der Waals surface area contributed by atoms with Crippen LogP contribution in [0.1, 0.15) is 6.42 Å². The lowest BCUT2D eigenvalue weighted by Crippen LogP contribution is -2.13. The summed E-state index contributed by atoms with van der Waals surface area (Å²) in [6.45, 7) is 0.378. The van der Waals surface area contributed by atoms with Crippen molar-refractivity contribution in [2.24, 2.45) is 0 Å². The molecule has 6 heteroatoms. The van der Waals surface area contributed by atoms with Crippen LogP contribution >= 0.6 is 11.6 Å². The Balaban J connectivity index is 2.02. The first kappa shape index (κ1) is 15.3. The first-order chi connectivity index (χ1) is 10.2. The molecular weight excluding hydrogens is 292 g/mol. The molecule has 0 bridgehead atoms. The Morgan fingerprint density at radius 2 is 2.05 bits per heavy atom. The van der Waals surface area contributed by atoms with E-state index in [-0.39, 0.29) is 5.91 Å². The Morgan fingerprint density at radius 3 is 2.71 bits per heavy atom. The van der Waals surface area contributed by atoms with Gasteiger partial charge in [0.05, 0.1) is 18.1 Å². The van der Waals surface area contributed by atoms with Gasteiger partial charge < -0.3 is 14.8 Å². The molecule has 0 atom stereocenters. The number of rotatable bonds is 6. The molecule has 0 saturated carbocycles. The van der Waals surface area contributed by atoms with E-state index < -0.39 is 0 Å². The van der Waals surface area contributed by atoms with E-state index in [1.807, 2.05) is 0 Å².